The smallest absolute Gasteiger partial charge is 0.258 e. The molecular formula is C21H21N3O4. The summed E-state index contributed by atoms with van der Waals surface area (Å²) < 4.78 is 16.0. The molecule has 0 bridgehead atoms. The Hall–Kier alpha value is -3.35. The third kappa shape index (κ3) is 3.31. The van der Waals surface area contributed by atoms with Crippen LogP contribution < -0.4 is 14.4 Å². The maximum atomic E-state index is 12.6. The molecular weight excluding hydrogens is 358 g/mol. The van der Waals surface area contributed by atoms with E-state index < -0.39 is 0 Å². The normalized spacial score (nSPS) is 16.5. The van der Waals surface area contributed by atoms with Gasteiger partial charge in [-0.25, -0.2) is 0 Å². The van der Waals surface area contributed by atoms with Crippen LogP contribution in [0.5, 0.6) is 11.5 Å². The van der Waals surface area contributed by atoms with Crippen molar-refractivity contribution in [2.75, 3.05) is 25.7 Å². The van der Waals surface area contributed by atoms with Crippen LogP contribution in [0.25, 0.3) is 11.5 Å². The zero-order chi connectivity index (χ0) is 19.7. The number of amides is 1. The van der Waals surface area contributed by atoms with E-state index in [-0.39, 0.29) is 11.8 Å². The molecule has 1 amide bonds. The average Bonchev–Trinajstić information content (AvgIpc) is 3.35. The van der Waals surface area contributed by atoms with Crippen LogP contribution in [0.3, 0.4) is 0 Å². The Balaban J connectivity index is 1.59. The predicted octanol–water partition coefficient (Wildman–Crippen LogP) is 3.58. The highest BCUT2D eigenvalue weighted by molar-refractivity contribution is 5.97. The highest BCUT2D eigenvalue weighted by Gasteiger charge is 2.35. The highest BCUT2D eigenvalue weighted by atomic mass is 16.5. The van der Waals surface area contributed by atoms with E-state index in [0.717, 1.165) is 11.3 Å². The summed E-state index contributed by atoms with van der Waals surface area (Å²) in [5.74, 6) is 2.12. The lowest BCUT2D eigenvalue weighted by Gasteiger charge is -2.18. The monoisotopic (exact) mass is 379 g/mol. The summed E-state index contributed by atoms with van der Waals surface area (Å²) in [4.78, 5) is 18.9. The van der Waals surface area contributed by atoms with Crippen molar-refractivity contribution in [3.8, 4) is 23.0 Å². The van der Waals surface area contributed by atoms with Gasteiger partial charge >= 0.3 is 0 Å². The first-order chi connectivity index (χ1) is 13.6. The van der Waals surface area contributed by atoms with Gasteiger partial charge in [0.1, 0.15) is 11.5 Å². The number of aromatic nitrogens is 2. The molecule has 1 aromatic heterocycles. The molecule has 0 spiro atoms. The van der Waals surface area contributed by atoms with Crippen LogP contribution in [-0.4, -0.2) is 36.8 Å². The van der Waals surface area contributed by atoms with Crippen molar-refractivity contribution < 1.29 is 18.8 Å². The maximum Gasteiger partial charge on any atom is 0.258 e. The number of hydrogen-bond acceptors (Lipinski definition) is 6. The Morgan fingerprint density at radius 2 is 1.82 bits per heavy atom. The molecule has 7 heteroatoms. The van der Waals surface area contributed by atoms with Crippen LogP contribution in [0.2, 0.25) is 0 Å². The number of hydrogen-bond donors (Lipinski definition) is 0. The summed E-state index contributed by atoms with van der Waals surface area (Å²) in [7, 11) is 3.17. The molecule has 2 aromatic carbocycles. The van der Waals surface area contributed by atoms with Crippen molar-refractivity contribution in [1.29, 1.82) is 0 Å². The predicted molar refractivity (Wildman–Crippen MR) is 104 cm³/mol. The molecule has 2 heterocycles. The Kier molecular flexibility index (Phi) is 4.73. The van der Waals surface area contributed by atoms with E-state index in [1.807, 2.05) is 31.2 Å². The number of aryl methyl sites for hydroxylation is 1. The van der Waals surface area contributed by atoms with Crippen molar-refractivity contribution in [2.45, 2.75) is 19.3 Å². The third-order valence-electron chi connectivity index (χ3n) is 4.94. The van der Waals surface area contributed by atoms with Crippen LogP contribution in [0.1, 0.15) is 23.7 Å². The minimum Gasteiger partial charge on any atom is -0.497 e. The van der Waals surface area contributed by atoms with Gasteiger partial charge in [-0.2, -0.15) is 4.98 Å². The molecule has 3 aromatic rings. The van der Waals surface area contributed by atoms with Gasteiger partial charge < -0.3 is 18.9 Å². The molecule has 4 rings (SSSR count). The Morgan fingerprint density at radius 3 is 2.50 bits per heavy atom. The van der Waals surface area contributed by atoms with E-state index in [2.05, 4.69) is 10.1 Å². The summed E-state index contributed by atoms with van der Waals surface area (Å²) in [5, 5.41) is 4.12. The molecule has 28 heavy (non-hydrogen) atoms. The fraction of sp³-hybridized carbons (Fsp3) is 0.286. The van der Waals surface area contributed by atoms with Crippen molar-refractivity contribution in [2.24, 2.45) is 0 Å². The number of carbonyl (C=O) groups excluding carboxylic acids is 1. The van der Waals surface area contributed by atoms with Crippen molar-refractivity contribution >= 4 is 11.6 Å². The topological polar surface area (TPSA) is 77.7 Å². The highest BCUT2D eigenvalue weighted by Crippen LogP contribution is 2.34. The van der Waals surface area contributed by atoms with Crippen LogP contribution in [0.4, 0.5) is 5.69 Å². The lowest BCUT2D eigenvalue weighted by Crippen LogP contribution is -2.25. The van der Waals surface area contributed by atoms with E-state index in [1.165, 1.54) is 0 Å². The van der Waals surface area contributed by atoms with Gasteiger partial charge in [0.05, 0.1) is 14.2 Å². The van der Waals surface area contributed by atoms with Gasteiger partial charge in [-0.15, -0.1) is 0 Å². The Bertz CT molecular complexity index is 992. The van der Waals surface area contributed by atoms with Crippen molar-refractivity contribution in [3.05, 3.63) is 53.9 Å². The SMILES string of the molecule is COc1cc(OC)cc(-c2nc(C3CC(=O)N(c4ccccc4C)C3)no2)c1. The second kappa shape index (κ2) is 7.34. The standard InChI is InChI=1S/C21H21N3O4/c1-13-6-4-5-7-18(13)24-12-15(10-19(24)25)20-22-21(28-23-20)14-8-16(26-2)11-17(9-14)27-3/h4-9,11,15H,10,12H2,1-3H3. The molecule has 0 saturated carbocycles. The molecule has 1 aliphatic rings. The first-order valence-electron chi connectivity index (χ1n) is 9.02. The molecule has 0 N–H and O–H groups in total. The van der Waals surface area contributed by atoms with Gasteiger partial charge in [-0.1, -0.05) is 23.4 Å². The Morgan fingerprint density at radius 1 is 1.11 bits per heavy atom. The van der Waals surface area contributed by atoms with Gasteiger partial charge in [-0.3, -0.25) is 4.79 Å². The summed E-state index contributed by atoms with van der Waals surface area (Å²) in [6.45, 7) is 2.53. The van der Waals surface area contributed by atoms with Gasteiger partial charge in [-0.05, 0) is 30.7 Å². The van der Waals surface area contributed by atoms with E-state index in [0.29, 0.717) is 41.7 Å². The van der Waals surface area contributed by atoms with Crippen LogP contribution in [0.15, 0.2) is 47.0 Å². The van der Waals surface area contributed by atoms with E-state index in [4.69, 9.17) is 14.0 Å². The largest absolute Gasteiger partial charge is 0.497 e. The number of anilines is 1. The van der Waals surface area contributed by atoms with Gasteiger partial charge in [0.25, 0.3) is 5.89 Å². The fourth-order valence-electron chi connectivity index (χ4n) is 3.43. The Labute approximate surface area is 162 Å². The zero-order valence-electron chi connectivity index (χ0n) is 16.0. The number of rotatable bonds is 5. The average molecular weight is 379 g/mol. The first-order valence-corrected chi connectivity index (χ1v) is 9.02. The second-order valence-corrected chi connectivity index (χ2v) is 6.75. The minimum atomic E-state index is -0.114. The maximum absolute atomic E-state index is 12.6. The number of carbonyl (C=O) groups is 1. The molecule has 1 aliphatic heterocycles. The van der Waals surface area contributed by atoms with Crippen molar-refractivity contribution in [3.63, 3.8) is 0 Å². The molecule has 0 aliphatic carbocycles. The summed E-state index contributed by atoms with van der Waals surface area (Å²) in [6, 6.07) is 13.2. The number of para-hydroxylation sites is 1. The third-order valence-corrected chi connectivity index (χ3v) is 4.94. The molecule has 1 fully saturated rings. The minimum absolute atomic E-state index is 0.0636. The molecule has 0 radical (unpaired) electrons. The van der Waals surface area contributed by atoms with Gasteiger partial charge in [0.2, 0.25) is 5.91 Å². The first kappa shape index (κ1) is 18.0. The van der Waals surface area contributed by atoms with E-state index >= 15 is 0 Å². The molecule has 1 atom stereocenters. The lowest BCUT2D eigenvalue weighted by atomic mass is 10.1. The van der Waals surface area contributed by atoms with Crippen molar-refractivity contribution in [1.82, 2.24) is 10.1 Å². The molecule has 1 unspecified atom stereocenters. The molecule has 7 nitrogen and oxygen atoms in total. The second-order valence-electron chi connectivity index (χ2n) is 6.75. The fourth-order valence-corrected chi connectivity index (χ4v) is 3.43. The zero-order valence-corrected chi connectivity index (χ0v) is 16.0. The summed E-state index contributed by atoms with van der Waals surface area (Å²) in [6.07, 6.45) is 0.356. The summed E-state index contributed by atoms with van der Waals surface area (Å²) in [5.41, 5.74) is 2.69. The quantitative estimate of drug-likeness (QED) is 0.674. The number of ether oxygens (including phenoxy) is 2. The van der Waals surface area contributed by atoms with Gasteiger partial charge in [0.15, 0.2) is 5.82 Å². The molecule has 144 valence electrons. The number of methoxy groups -OCH3 is 2. The number of nitrogens with zero attached hydrogens (tertiary/aromatic N) is 3. The summed E-state index contributed by atoms with van der Waals surface area (Å²) >= 11 is 0. The molecule has 1 saturated heterocycles. The number of benzene rings is 2. The van der Waals surface area contributed by atoms with E-state index in [9.17, 15) is 4.79 Å². The van der Waals surface area contributed by atoms with E-state index in [1.54, 1.807) is 37.3 Å². The van der Waals surface area contributed by atoms with Crippen LogP contribution in [-0.2, 0) is 4.79 Å². The van der Waals surface area contributed by atoms with Crippen LogP contribution in [0, 0.1) is 6.92 Å². The van der Waals surface area contributed by atoms with Crippen LogP contribution >= 0.6 is 0 Å². The lowest BCUT2D eigenvalue weighted by molar-refractivity contribution is -0.117. The van der Waals surface area contributed by atoms with Gasteiger partial charge in [0, 0.05) is 36.2 Å².